The van der Waals surface area contributed by atoms with Crippen molar-refractivity contribution in [2.75, 3.05) is 13.7 Å². The van der Waals surface area contributed by atoms with Crippen LogP contribution in [0.15, 0.2) is 48.5 Å². The van der Waals surface area contributed by atoms with Crippen molar-refractivity contribution in [3.63, 3.8) is 0 Å². The molecule has 4 rings (SSSR count). The maximum absolute atomic E-state index is 12.5. The summed E-state index contributed by atoms with van der Waals surface area (Å²) in [7, 11) is 1.26. The van der Waals surface area contributed by atoms with Gasteiger partial charge in [0.2, 0.25) is 0 Å². The second kappa shape index (κ2) is 7.82. The minimum absolute atomic E-state index is 0.0515. The van der Waals surface area contributed by atoms with Crippen LogP contribution in [-0.4, -0.2) is 42.9 Å². The van der Waals surface area contributed by atoms with Gasteiger partial charge in [0.05, 0.1) is 13.5 Å². The van der Waals surface area contributed by atoms with Crippen LogP contribution in [0.1, 0.15) is 36.3 Å². The lowest BCUT2D eigenvalue weighted by atomic mass is 9.92. The predicted octanol–water partition coefficient (Wildman–Crippen LogP) is 3.32. The molecule has 0 unspecified atom stereocenters. The number of carbonyl (C=O) groups is 3. The SMILES string of the molecule is COC(=O)CC1([C@H](NC(=O)OCC2c3ccccc3-c3ccccc32)C(=O)O)CC1. The number of fused-ring (bicyclic) bond motifs is 3. The molecule has 0 bridgehead atoms. The number of methoxy groups -OCH3 is 1. The van der Waals surface area contributed by atoms with Crippen LogP contribution in [0.5, 0.6) is 0 Å². The summed E-state index contributed by atoms with van der Waals surface area (Å²) in [5.41, 5.74) is 3.56. The number of benzene rings is 2. The van der Waals surface area contributed by atoms with Gasteiger partial charge < -0.3 is 19.9 Å². The van der Waals surface area contributed by atoms with E-state index < -0.39 is 29.5 Å². The standard InChI is InChI=1S/C23H23NO6/c1-29-19(25)12-23(10-11-23)20(21(26)27)24-22(28)30-13-18-16-8-4-2-6-14(16)15-7-3-5-9-17(15)18/h2-9,18,20H,10-13H2,1H3,(H,24,28)(H,26,27)/t20-/m1/s1. The van der Waals surface area contributed by atoms with Gasteiger partial charge >= 0.3 is 18.0 Å². The van der Waals surface area contributed by atoms with E-state index in [2.05, 4.69) is 10.1 Å². The van der Waals surface area contributed by atoms with Gasteiger partial charge in [-0.1, -0.05) is 48.5 Å². The van der Waals surface area contributed by atoms with Gasteiger partial charge in [-0.05, 0) is 35.1 Å². The van der Waals surface area contributed by atoms with Crippen LogP contribution in [0.4, 0.5) is 4.79 Å². The van der Waals surface area contributed by atoms with Crippen molar-refractivity contribution >= 4 is 18.0 Å². The fourth-order valence-corrected chi connectivity index (χ4v) is 4.32. The molecule has 0 saturated heterocycles. The van der Waals surface area contributed by atoms with Gasteiger partial charge in [0.1, 0.15) is 12.6 Å². The number of hydrogen-bond donors (Lipinski definition) is 2. The van der Waals surface area contributed by atoms with Gasteiger partial charge in [0.25, 0.3) is 0 Å². The zero-order chi connectivity index (χ0) is 21.3. The van der Waals surface area contributed by atoms with Crippen molar-refractivity contribution in [2.45, 2.75) is 31.2 Å². The number of alkyl carbamates (subject to hydrolysis) is 1. The van der Waals surface area contributed by atoms with E-state index in [9.17, 15) is 19.5 Å². The highest BCUT2D eigenvalue weighted by molar-refractivity contribution is 5.83. The summed E-state index contributed by atoms with van der Waals surface area (Å²) in [4.78, 5) is 35.9. The molecule has 2 aliphatic rings. The Balaban J connectivity index is 1.45. The normalized spacial score (nSPS) is 16.7. The molecule has 2 aliphatic carbocycles. The predicted molar refractivity (Wildman–Crippen MR) is 108 cm³/mol. The lowest BCUT2D eigenvalue weighted by Gasteiger charge is -2.23. The zero-order valence-electron chi connectivity index (χ0n) is 16.6. The van der Waals surface area contributed by atoms with Crippen LogP contribution in [0.3, 0.4) is 0 Å². The van der Waals surface area contributed by atoms with Crippen molar-refractivity contribution in [3.05, 3.63) is 59.7 Å². The van der Waals surface area contributed by atoms with Gasteiger partial charge in [-0.15, -0.1) is 0 Å². The van der Waals surface area contributed by atoms with E-state index in [0.717, 1.165) is 22.3 Å². The minimum Gasteiger partial charge on any atom is -0.480 e. The van der Waals surface area contributed by atoms with Crippen LogP contribution in [0.2, 0.25) is 0 Å². The molecule has 0 aliphatic heterocycles. The molecule has 2 aromatic carbocycles. The fourth-order valence-electron chi connectivity index (χ4n) is 4.32. The molecule has 1 amide bonds. The third-order valence-corrected chi connectivity index (χ3v) is 6.08. The molecule has 30 heavy (non-hydrogen) atoms. The first-order chi connectivity index (χ1) is 14.4. The fraction of sp³-hybridized carbons (Fsp3) is 0.348. The van der Waals surface area contributed by atoms with Crippen molar-refractivity contribution in [1.29, 1.82) is 0 Å². The van der Waals surface area contributed by atoms with E-state index >= 15 is 0 Å². The number of carboxylic acid groups (broad SMARTS) is 1. The lowest BCUT2D eigenvalue weighted by molar-refractivity contribution is -0.145. The molecular weight excluding hydrogens is 386 g/mol. The van der Waals surface area contributed by atoms with E-state index in [4.69, 9.17) is 4.74 Å². The highest BCUT2D eigenvalue weighted by Crippen LogP contribution is 2.52. The lowest BCUT2D eigenvalue weighted by Crippen LogP contribution is -2.48. The first-order valence-electron chi connectivity index (χ1n) is 9.86. The molecule has 7 heteroatoms. The maximum Gasteiger partial charge on any atom is 0.407 e. The summed E-state index contributed by atoms with van der Waals surface area (Å²) in [6.45, 7) is 0.0935. The molecule has 0 radical (unpaired) electrons. The maximum atomic E-state index is 12.5. The van der Waals surface area contributed by atoms with Crippen molar-refractivity contribution in [3.8, 4) is 11.1 Å². The molecule has 7 nitrogen and oxygen atoms in total. The number of hydrogen-bond acceptors (Lipinski definition) is 5. The topological polar surface area (TPSA) is 102 Å². The Morgan fingerprint density at radius 2 is 1.63 bits per heavy atom. The Kier molecular flexibility index (Phi) is 5.20. The van der Waals surface area contributed by atoms with Gasteiger partial charge in [-0.2, -0.15) is 0 Å². The second-order valence-electron chi connectivity index (χ2n) is 7.86. The van der Waals surface area contributed by atoms with Crippen LogP contribution >= 0.6 is 0 Å². The van der Waals surface area contributed by atoms with Crippen molar-refractivity contribution in [2.24, 2.45) is 5.41 Å². The molecular formula is C23H23NO6. The number of carbonyl (C=O) groups excluding carboxylic acids is 2. The highest BCUT2D eigenvalue weighted by atomic mass is 16.5. The minimum atomic E-state index is -1.20. The number of nitrogens with one attached hydrogen (secondary N) is 1. The zero-order valence-corrected chi connectivity index (χ0v) is 16.6. The van der Waals surface area contributed by atoms with E-state index in [0.29, 0.717) is 12.8 Å². The van der Waals surface area contributed by atoms with E-state index in [1.165, 1.54) is 7.11 Å². The van der Waals surface area contributed by atoms with Gasteiger partial charge in [0, 0.05) is 11.3 Å². The van der Waals surface area contributed by atoms with Crippen molar-refractivity contribution in [1.82, 2.24) is 5.32 Å². The Morgan fingerprint density at radius 3 is 2.13 bits per heavy atom. The molecule has 0 aromatic heterocycles. The Hall–Kier alpha value is -3.35. The molecule has 0 heterocycles. The van der Waals surface area contributed by atoms with E-state index in [1.54, 1.807) is 0 Å². The summed E-state index contributed by atoms with van der Waals surface area (Å²) in [6, 6.07) is 14.7. The summed E-state index contributed by atoms with van der Waals surface area (Å²) in [5, 5.41) is 12.1. The number of carboxylic acids is 1. The average Bonchev–Trinajstić information content (AvgIpc) is 3.45. The van der Waals surface area contributed by atoms with E-state index in [1.807, 2.05) is 48.5 Å². The monoisotopic (exact) mass is 409 g/mol. The van der Waals surface area contributed by atoms with E-state index in [-0.39, 0.29) is 18.9 Å². The molecule has 156 valence electrons. The number of aliphatic carboxylic acids is 1. The van der Waals surface area contributed by atoms with Crippen LogP contribution in [-0.2, 0) is 19.1 Å². The third-order valence-electron chi connectivity index (χ3n) is 6.08. The third kappa shape index (κ3) is 3.63. The summed E-state index contributed by atoms with van der Waals surface area (Å²) in [6.07, 6.45) is 0.204. The smallest absolute Gasteiger partial charge is 0.407 e. The first kappa shape index (κ1) is 19.9. The Labute approximate surface area is 174 Å². The quantitative estimate of drug-likeness (QED) is 0.680. The number of ether oxygens (including phenoxy) is 2. The van der Waals surface area contributed by atoms with Gasteiger partial charge in [0.15, 0.2) is 0 Å². The molecule has 1 atom stereocenters. The average molecular weight is 409 g/mol. The highest BCUT2D eigenvalue weighted by Gasteiger charge is 2.55. The van der Waals surface area contributed by atoms with Crippen LogP contribution in [0.25, 0.3) is 11.1 Å². The number of amides is 1. The summed E-state index contributed by atoms with van der Waals surface area (Å²) < 4.78 is 10.1. The molecule has 2 aromatic rings. The molecule has 1 fully saturated rings. The van der Waals surface area contributed by atoms with Crippen molar-refractivity contribution < 1.29 is 29.0 Å². The van der Waals surface area contributed by atoms with Gasteiger partial charge in [-0.25, -0.2) is 9.59 Å². The summed E-state index contributed by atoms with van der Waals surface area (Å²) in [5.74, 6) is -1.80. The second-order valence-corrected chi connectivity index (χ2v) is 7.86. The largest absolute Gasteiger partial charge is 0.480 e. The summed E-state index contributed by atoms with van der Waals surface area (Å²) >= 11 is 0. The number of esters is 1. The van der Waals surface area contributed by atoms with Crippen LogP contribution in [0, 0.1) is 5.41 Å². The molecule has 0 spiro atoms. The van der Waals surface area contributed by atoms with Gasteiger partial charge in [-0.3, -0.25) is 4.79 Å². The molecule has 1 saturated carbocycles. The van der Waals surface area contributed by atoms with Crippen LogP contribution < -0.4 is 5.32 Å². The Morgan fingerprint density at radius 1 is 1.07 bits per heavy atom. The first-order valence-corrected chi connectivity index (χ1v) is 9.86. The molecule has 2 N–H and O–H groups in total. The Bertz CT molecular complexity index is 951. The number of rotatable bonds is 7.